The molecule has 1 heteroatoms. The van der Waals surface area contributed by atoms with Gasteiger partial charge in [0.2, 0.25) is 0 Å². The smallest absolute Gasteiger partial charge is 0.0731 e. The van der Waals surface area contributed by atoms with Crippen molar-refractivity contribution >= 4 is 17.1 Å². The molecule has 290 valence electrons. The molecule has 1 spiro atoms. The van der Waals surface area contributed by atoms with E-state index >= 15 is 0 Å². The second-order valence-electron chi connectivity index (χ2n) is 16.4. The number of fused-ring (bicyclic) bond motifs is 10. The molecule has 0 atom stereocenters. The summed E-state index contributed by atoms with van der Waals surface area (Å²) in [6.45, 7) is 0. The van der Waals surface area contributed by atoms with Crippen LogP contribution in [-0.4, -0.2) is 0 Å². The molecule has 12 rings (SSSR count). The molecule has 0 saturated carbocycles. The molecule has 0 amide bonds. The van der Waals surface area contributed by atoms with Gasteiger partial charge in [0.05, 0.1) is 5.41 Å². The van der Waals surface area contributed by atoms with Gasteiger partial charge in [0, 0.05) is 17.1 Å². The summed E-state index contributed by atoms with van der Waals surface area (Å²) in [7, 11) is 0. The highest BCUT2D eigenvalue weighted by atomic mass is 15.1. The summed E-state index contributed by atoms with van der Waals surface area (Å²) in [5.74, 6) is 0. The lowest BCUT2D eigenvalue weighted by atomic mass is 9.68. The van der Waals surface area contributed by atoms with Gasteiger partial charge < -0.3 is 4.90 Å². The number of rotatable bonds is 7. The summed E-state index contributed by atoms with van der Waals surface area (Å²) < 4.78 is 0. The predicted molar refractivity (Wildman–Crippen MR) is 259 cm³/mol. The van der Waals surface area contributed by atoms with E-state index in [4.69, 9.17) is 0 Å². The minimum Gasteiger partial charge on any atom is -0.310 e. The molecule has 10 aromatic carbocycles. The number of nitrogens with zero attached hydrogens (tertiary/aromatic N) is 1. The van der Waals surface area contributed by atoms with E-state index < -0.39 is 5.41 Å². The first kappa shape index (κ1) is 35.9. The molecule has 1 nitrogen and oxygen atoms in total. The Labute approximate surface area is 363 Å². The van der Waals surface area contributed by atoms with Gasteiger partial charge >= 0.3 is 0 Å². The minimum atomic E-state index is -0.390. The Morgan fingerprint density at radius 2 is 0.581 bits per heavy atom. The van der Waals surface area contributed by atoms with Crippen molar-refractivity contribution in [2.75, 3.05) is 4.90 Å². The zero-order chi connectivity index (χ0) is 41.0. The number of hydrogen-bond donors (Lipinski definition) is 0. The van der Waals surface area contributed by atoms with Crippen LogP contribution in [0.3, 0.4) is 0 Å². The highest BCUT2D eigenvalue weighted by Gasteiger charge is 2.52. The van der Waals surface area contributed by atoms with Crippen molar-refractivity contribution in [1.29, 1.82) is 0 Å². The van der Waals surface area contributed by atoms with E-state index in [-0.39, 0.29) is 0 Å². The fourth-order valence-electron chi connectivity index (χ4n) is 10.4. The molecule has 0 aromatic heterocycles. The molecule has 0 fully saturated rings. The summed E-state index contributed by atoms with van der Waals surface area (Å²) >= 11 is 0. The average molecular weight is 788 g/mol. The van der Waals surface area contributed by atoms with Gasteiger partial charge in [-0.15, -0.1) is 0 Å². The van der Waals surface area contributed by atoms with Crippen LogP contribution in [0.5, 0.6) is 0 Å². The van der Waals surface area contributed by atoms with Crippen LogP contribution < -0.4 is 4.90 Å². The van der Waals surface area contributed by atoms with Gasteiger partial charge in [-0.05, 0) is 125 Å². The van der Waals surface area contributed by atoms with Gasteiger partial charge in [0.25, 0.3) is 0 Å². The maximum absolute atomic E-state index is 2.36. The third-order valence-electron chi connectivity index (χ3n) is 13.1. The molecule has 0 aliphatic heterocycles. The number of benzene rings is 10. The number of anilines is 3. The maximum atomic E-state index is 2.36. The quantitative estimate of drug-likeness (QED) is 0.155. The first-order valence-corrected chi connectivity index (χ1v) is 21.5. The van der Waals surface area contributed by atoms with Crippen molar-refractivity contribution in [1.82, 2.24) is 0 Å². The molecule has 0 saturated heterocycles. The highest BCUT2D eigenvalue weighted by molar-refractivity contribution is 5.98. The fourth-order valence-corrected chi connectivity index (χ4v) is 10.4. The SMILES string of the molecule is c1ccc(-c2ccc(N(c3ccc(-c4ccc(-c5cccc6c5C5(c7ccccc7-c7ccccc75)c5ccccc5-6)cc4)cc3)c3cccc(-c4ccccc4)c3)cc2)cc1. The van der Waals surface area contributed by atoms with Crippen molar-refractivity contribution in [2.24, 2.45) is 0 Å². The Morgan fingerprint density at radius 1 is 0.226 bits per heavy atom. The molecule has 10 aromatic rings. The van der Waals surface area contributed by atoms with Crippen molar-refractivity contribution in [3.8, 4) is 66.8 Å². The van der Waals surface area contributed by atoms with E-state index in [2.05, 4.69) is 254 Å². The van der Waals surface area contributed by atoms with Crippen LogP contribution in [0.1, 0.15) is 22.3 Å². The predicted octanol–water partition coefficient (Wildman–Crippen LogP) is 16.2. The first-order chi connectivity index (χ1) is 30.8. The van der Waals surface area contributed by atoms with E-state index in [0.717, 1.165) is 17.1 Å². The van der Waals surface area contributed by atoms with Crippen LogP contribution in [0.4, 0.5) is 17.1 Å². The van der Waals surface area contributed by atoms with Crippen LogP contribution in [0.25, 0.3) is 66.8 Å². The lowest BCUT2D eigenvalue weighted by Gasteiger charge is -2.32. The summed E-state index contributed by atoms with van der Waals surface area (Å²) in [4.78, 5) is 2.36. The Balaban J connectivity index is 0.921. The number of hydrogen-bond acceptors (Lipinski definition) is 1. The fraction of sp³-hybridized carbons (Fsp3) is 0.0164. The zero-order valence-corrected chi connectivity index (χ0v) is 34.1. The average Bonchev–Trinajstić information content (AvgIpc) is 3.83. The lowest BCUT2D eigenvalue weighted by Crippen LogP contribution is -2.26. The molecule has 0 N–H and O–H groups in total. The van der Waals surface area contributed by atoms with Gasteiger partial charge in [0.15, 0.2) is 0 Å². The Kier molecular flexibility index (Phi) is 8.47. The van der Waals surface area contributed by atoms with E-state index in [0.29, 0.717) is 0 Å². The van der Waals surface area contributed by atoms with Gasteiger partial charge in [-0.3, -0.25) is 0 Å². The van der Waals surface area contributed by atoms with Gasteiger partial charge in [-0.2, -0.15) is 0 Å². The third-order valence-corrected chi connectivity index (χ3v) is 13.1. The summed E-state index contributed by atoms with van der Waals surface area (Å²) in [5, 5.41) is 0. The summed E-state index contributed by atoms with van der Waals surface area (Å²) in [5.41, 5.74) is 23.3. The van der Waals surface area contributed by atoms with Crippen molar-refractivity contribution in [2.45, 2.75) is 5.41 Å². The lowest BCUT2D eigenvalue weighted by molar-refractivity contribution is 0.796. The van der Waals surface area contributed by atoms with Gasteiger partial charge in [0.1, 0.15) is 0 Å². The van der Waals surface area contributed by atoms with Crippen LogP contribution in [0.15, 0.2) is 249 Å². The Morgan fingerprint density at radius 3 is 1.11 bits per heavy atom. The monoisotopic (exact) mass is 787 g/mol. The molecule has 0 heterocycles. The Hall–Kier alpha value is -8.00. The minimum absolute atomic E-state index is 0.390. The maximum Gasteiger partial charge on any atom is 0.0731 e. The molecular formula is C61H41N. The first-order valence-electron chi connectivity index (χ1n) is 21.5. The molecular weight excluding hydrogens is 747 g/mol. The molecule has 62 heavy (non-hydrogen) atoms. The second kappa shape index (κ2) is 14.6. The van der Waals surface area contributed by atoms with Crippen LogP contribution in [-0.2, 0) is 5.41 Å². The molecule has 0 radical (unpaired) electrons. The van der Waals surface area contributed by atoms with Crippen LogP contribution in [0.2, 0.25) is 0 Å². The normalized spacial score (nSPS) is 12.6. The summed E-state index contributed by atoms with van der Waals surface area (Å²) in [6.07, 6.45) is 0. The second-order valence-corrected chi connectivity index (χ2v) is 16.4. The van der Waals surface area contributed by atoms with E-state index in [1.807, 2.05) is 0 Å². The summed E-state index contributed by atoms with van der Waals surface area (Å²) in [6, 6.07) is 91.2. The molecule has 2 aliphatic rings. The van der Waals surface area contributed by atoms with Gasteiger partial charge in [-0.25, -0.2) is 0 Å². The largest absolute Gasteiger partial charge is 0.310 e. The standard InChI is InChI=1S/C61H41N/c1-3-15-42(16-4-1)45-33-37-49(38-34-45)62(51-20-13-19-48(41-51)43-17-5-2-6-18-43)50-39-35-46(36-40-50)44-29-31-47(32-30-44)52-24-14-25-56-55-23-9-12-28-59(55)61(60(52)56)57-26-10-7-21-53(57)54-22-8-11-27-58(54)61/h1-41H. The van der Waals surface area contributed by atoms with Crippen molar-refractivity contribution in [3.63, 3.8) is 0 Å². The van der Waals surface area contributed by atoms with E-state index in [9.17, 15) is 0 Å². The van der Waals surface area contributed by atoms with E-state index in [1.165, 1.54) is 89.0 Å². The highest BCUT2D eigenvalue weighted by Crippen LogP contribution is 2.64. The molecule has 0 unspecified atom stereocenters. The van der Waals surface area contributed by atoms with Gasteiger partial charge in [-0.1, -0.05) is 212 Å². The topological polar surface area (TPSA) is 3.24 Å². The Bertz CT molecular complexity index is 3190. The molecule has 0 bridgehead atoms. The van der Waals surface area contributed by atoms with Crippen LogP contribution >= 0.6 is 0 Å². The van der Waals surface area contributed by atoms with E-state index in [1.54, 1.807) is 0 Å². The third kappa shape index (κ3) is 5.63. The van der Waals surface area contributed by atoms with Crippen molar-refractivity contribution < 1.29 is 0 Å². The van der Waals surface area contributed by atoms with Crippen molar-refractivity contribution in [3.05, 3.63) is 271 Å². The molecule has 2 aliphatic carbocycles. The van der Waals surface area contributed by atoms with Crippen LogP contribution in [0, 0.1) is 0 Å². The zero-order valence-electron chi connectivity index (χ0n) is 34.1.